The summed E-state index contributed by atoms with van der Waals surface area (Å²) in [4.78, 5) is 34.3. The molecule has 8 nitrogen and oxygen atoms in total. The van der Waals surface area contributed by atoms with Crippen molar-refractivity contribution >= 4 is 23.1 Å². The van der Waals surface area contributed by atoms with Crippen LogP contribution in [0.15, 0.2) is 35.3 Å². The molecule has 0 spiro atoms. The Balaban J connectivity index is 1.70. The van der Waals surface area contributed by atoms with Gasteiger partial charge >= 0.3 is 5.97 Å². The fourth-order valence-corrected chi connectivity index (χ4v) is 5.10. The number of aromatic nitrogens is 2. The number of ether oxygens (including phenoxy) is 2. The van der Waals surface area contributed by atoms with E-state index in [9.17, 15) is 18.4 Å². The van der Waals surface area contributed by atoms with Crippen molar-refractivity contribution in [3.63, 3.8) is 0 Å². The minimum atomic E-state index is -0.662. The van der Waals surface area contributed by atoms with E-state index in [2.05, 4.69) is 0 Å². The molecule has 0 radical (unpaired) electrons. The molecule has 10 heteroatoms. The molecular weight excluding hydrogens is 458 g/mol. The number of morpholine rings is 1. The molecule has 1 fully saturated rings. The zero-order valence-corrected chi connectivity index (χ0v) is 19.8. The summed E-state index contributed by atoms with van der Waals surface area (Å²) < 4.78 is 40.4. The molecule has 2 unspecified atom stereocenters. The Kier molecular flexibility index (Phi) is 5.92. The highest BCUT2D eigenvalue weighted by Crippen LogP contribution is 2.41. The maximum absolute atomic E-state index is 14.5. The number of anilines is 2. The highest BCUT2D eigenvalue weighted by atomic mass is 19.1. The number of benzene rings is 1. The second-order valence-electron chi connectivity index (χ2n) is 8.94. The fraction of sp³-hybridized carbons (Fsp3) is 0.400. The minimum absolute atomic E-state index is 0.146. The van der Waals surface area contributed by atoms with Crippen molar-refractivity contribution < 1.29 is 23.0 Å². The molecular formula is C25H26F2N4O4. The Morgan fingerprint density at radius 2 is 1.94 bits per heavy atom. The lowest BCUT2D eigenvalue weighted by molar-refractivity contribution is 0.0600. The molecule has 4 heterocycles. The maximum atomic E-state index is 14.5. The summed E-state index contributed by atoms with van der Waals surface area (Å²) in [6.45, 7) is 6.07. The molecule has 0 amide bonds. The Morgan fingerprint density at radius 1 is 1.20 bits per heavy atom. The number of rotatable bonds is 4. The highest BCUT2D eigenvalue weighted by molar-refractivity contribution is 5.90. The predicted octanol–water partition coefficient (Wildman–Crippen LogP) is 3.11. The molecule has 0 saturated carbocycles. The first-order chi connectivity index (χ1) is 16.8. The van der Waals surface area contributed by atoms with E-state index in [1.54, 1.807) is 6.07 Å². The van der Waals surface area contributed by atoms with Crippen LogP contribution in [0.3, 0.4) is 0 Å². The van der Waals surface area contributed by atoms with Gasteiger partial charge in [0.1, 0.15) is 23.1 Å². The van der Waals surface area contributed by atoms with Gasteiger partial charge in [0.05, 0.1) is 31.9 Å². The lowest BCUT2D eigenvalue weighted by atomic mass is 10.0. The minimum Gasteiger partial charge on any atom is -0.465 e. The van der Waals surface area contributed by atoms with E-state index in [1.165, 1.54) is 29.8 Å². The van der Waals surface area contributed by atoms with E-state index < -0.39 is 23.6 Å². The van der Waals surface area contributed by atoms with Gasteiger partial charge in [0.25, 0.3) is 5.56 Å². The van der Waals surface area contributed by atoms with Crippen molar-refractivity contribution in [1.29, 1.82) is 0 Å². The van der Waals surface area contributed by atoms with Crippen molar-refractivity contribution in [2.24, 2.45) is 0 Å². The molecule has 184 valence electrons. The summed E-state index contributed by atoms with van der Waals surface area (Å²) in [5, 5.41) is 0. The monoisotopic (exact) mass is 484 g/mol. The van der Waals surface area contributed by atoms with Crippen LogP contribution in [-0.4, -0.2) is 54.8 Å². The van der Waals surface area contributed by atoms with Gasteiger partial charge in [-0.1, -0.05) is 0 Å². The Hall–Kier alpha value is -3.53. The summed E-state index contributed by atoms with van der Waals surface area (Å²) in [6.07, 6.45) is 1.82. The Morgan fingerprint density at radius 3 is 2.66 bits per heavy atom. The molecule has 5 rings (SSSR count). The standard InChI is InChI=1S/C25H26F2N4O4/c1-14-8-19-20(27)10-17(26)11-21(19)31(14)15(2)18-9-16(25(33)34-3)13-30-23(32)12-22(28-24(18)30)29-4-6-35-7-5-29/h9-15H,4-8H2,1-3H3. The number of hydrogen-bond acceptors (Lipinski definition) is 7. The van der Waals surface area contributed by atoms with Crippen LogP contribution in [0.4, 0.5) is 20.3 Å². The third-order valence-corrected chi connectivity index (χ3v) is 6.79. The summed E-state index contributed by atoms with van der Waals surface area (Å²) in [5.74, 6) is -1.33. The van der Waals surface area contributed by atoms with Crippen molar-refractivity contribution in [3.8, 4) is 0 Å². The van der Waals surface area contributed by atoms with Crippen molar-refractivity contribution in [1.82, 2.24) is 9.38 Å². The molecule has 35 heavy (non-hydrogen) atoms. The largest absolute Gasteiger partial charge is 0.465 e. The molecule has 1 aromatic carbocycles. The zero-order valence-electron chi connectivity index (χ0n) is 19.8. The molecule has 2 aliphatic rings. The number of halogens is 2. The van der Waals surface area contributed by atoms with Crippen LogP contribution in [0.2, 0.25) is 0 Å². The number of methoxy groups -OCH3 is 1. The van der Waals surface area contributed by atoms with E-state index in [1.807, 2.05) is 23.6 Å². The molecule has 1 saturated heterocycles. The van der Waals surface area contributed by atoms with Crippen LogP contribution in [0.5, 0.6) is 0 Å². The summed E-state index contributed by atoms with van der Waals surface area (Å²) in [6, 6.07) is 4.69. The summed E-state index contributed by atoms with van der Waals surface area (Å²) in [5.41, 5.74) is 1.68. The van der Waals surface area contributed by atoms with Crippen LogP contribution in [0.25, 0.3) is 5.65 Å². The topological polar surface area (TPSA) is 76.4 Å². The van der Waals surface area contributed by atoms with Gasteiger partial charge in [0.15, 0.2) is 0 Å². The second-order valence-corrected chi connectivity index (χ2v) is 8.94. The average molecular weight is 485 g/mol. The van der Waals surface area contributed by atoms with Gasteiger partial charge in [-0.2, -0.15) is 0 Å². The number of nitrogens with zero attached hydrogens (tertiary/aromatic N) is 4. The average Bonchev–Trinajstić information content (AvgIpc) is 3.19. The van der Waals surface area contributed by atoms with Gasteiger partial charge in [0.2, 0.25) is 0 Å². The van der Waals surface area contributed by atoms with E-state index in [-0.39, 0.29) is 17.2 Å². The van der Waals surface area contributed by atoms with Crippen LogP contribution in [0.1, 0.15) is 41.4 Å². The molecule has 0 N–H and O–H groups in total. The molecule has 0 aliphatic carbocycles. The van der Waals surface area contributed by atoms with E-state index in [0.29, 0.717) is 61.0 Å². The van der Waals surface area contributed by atoms with Gasteiger partial charge in [0, 0.05) is 54.3 Å². The fourth-order valence-electron chi connectivity index (χ4n) is 5.10. The Bertz CT molecular complexity index is 1370. The first kappa shape index (κ1) is 23.2. The van der Waals surface area contributed by atoms with Crippen LogP contribution in [-0.2, 0) is 15.9 Å². The van der Waals surface area contributed by atoms with Gasteiger partial charge in [-0.15, -0.1) is 0 Å². The SMILES string of the molecule is COC(=O)c1cc(C(C)N2c3cc(F)cc(F)c3CC2C)c2nc(N3CCOCC3)cc(=O)n2c1. The molecule has 3 aromatic rings. The molecule has 2 atom stereocenters. The number of carbonyl (C=O) groups excluding carboxylic acids is 1. The number of carbonyl (C=O) groups is 1. The van der Waals surface area contributed by atoms with Crippen molar-refractivity contribution in [3.05, 3.63) is 69.1 Å². The van der Waals surface area contributed by atoms with Crippen molar-refractivity contribution in [2.75, 3.05) is 43.2 Å². The van der Waals surface area contributed by atoms with Crippen LogP contribution < -0.4 is 15.4 Å². The third kappa shape index (κ3) is 4.01. The summed E-state index contributed by atoms with van der Waals surface area (Å²) >= 11 is 0. The van der Waals surface area contributed by atoms with Gasteiger partial charge in [-0.3, -0.25) is 9.20 Å². The lowest BCUT2D eigenvalue weighted by Crippen LogP contribution is -2.38. The second kappa shape index (κ2) is 8.92. The van der Waals surface area contributed by atoms with E-state index in [4.69, 9.17) is 14.5 Å². The first-order valence-corrected chi connectivity index (χ1v) is 11.5. The number of hydrogen-bond donors (Lipinski definition) is 0. The summed E-state index contributed by atoms with van der Waals surface area (Å²) in [7, 11) is 1.27. The quantitative estimate of drug-likeness (QED) is 0.527. The van der Waals surface area contributed by atoms with E-state index in [0.717, 1.165) is 6.07 Å². The predicted molar refractivity (Wildman–Crippen MR) is 126 cm³/mol. The smallest absolute Gasteiger partial charge is 0.339 e. The van der Waals surface area contributed by atoms with Gasteiger partial charge in [-0.25, -0.2) is 18.6 Å². The number of fused-ring (bicyclic) bond motifs is 2. The maximum Gasteiger partial charge on any atom is 0.339 e. The molecule has 2 aromatic heterocycles. The zero-order chi connectivity index (χ0) is 24.9. The first-order valence-electron chi connectivity index (χ1n) is 11.5. The number of esters is 1. The normalized spacial score (nSPS) is 18.6. The molecule has 0 bridgehead atoms. The van der Waals surface area contributed by atoms with Gasteiger partial charge < -0.3 is 19.3 Å². The lowest BCUT2D eigenvalue weighted by Gasteiger charge is -2.33. The highest BCUT2D eigenvalue weighted by Gasteiger charge is 2.34. The number of pyridine rings is 1. The Labute approximate surface area is 200 Å². The van der Waals surface area contributed by atoms with Crippen molar-refractivity contribution in [2.45, 2.75) is 32.4 Å². The molecule has 2 aliphatic heterocycles. The van der Waals surface area contributed by atoms with Crippen LogP contribution in [0, 0.1) is 11.6 Å². The van der Waals surface area contributed by atoms with Gasteiger partial charge in [-0.05, 0) is 32.4 Å². The van der Waals surface area contributed by atoms with E-state index >= 15 is 0 Å². The van der Waals surface area contributed by atoms with Crippen LogP contribution >= 0.6 is 0 Å². The third-order valence-electron chi connectivity index (χ3n) is 6.79.